The van der Waals surface area contributed by atoms with Crippen LogP contribution in [0.15, 0.2) is 0 Å². The van der Waals surface area contributed by atoms with Gasteiger partial charge in [0.25, 0.3) is 0 Å². The highest BCUT2D eigenvalue weighted by Crippen LogP contribution is 2.15. The summed E-state index contributed by atoms with van der Waals surface area (Å²) in [5, 5.41) is 18.2. The molecule has 0 amide bonds. The molecule has 0 aromatic carbocycles. The molecule has 5 nitrogen and oxygen atoms in total. The van der Waals surface area contributed by atoms with Crippen LogP contribution in [-0.2, 0) is 0 Å². The summed E-state index contributed by atoms with van der Waals surface area (Å²) in [6.45, 7) is 0. The molecule has 60 valence electrons. The summed E-state index contributed by atoms with van der Waals surface area (Å²) < 4.78 is 0. The zero-order chi connectivity index (χ0) is 7.89. The standard InChI is InChI=1S/C5H13N3O2/c1-8-4(6)2(9)3(10)5(8)7/h2-5,9-10H,6-7H2,1H3/t2-,3-,4-,5+/m1/s1. The number of aliphatic hydroxyl groups excluding tert-OH is 2. The second-order valence-corrected chi connectivity index (χ2v) is 2.63. The summed E-state index contributed by atoms with van der Waals surface area (Å²) >= 11 is 0. The highest BCUT2D eigenvalue weighted by molar-refractivity contribution is 4.93. The lowest BCUT2D eigenvalue weighted by atomic mass is 10.2. The van der Waals surface area contributed by atoms with Crippen molar-refractivity contribution in [2.24, 2.45) is 11.5 Å². The number of nitrogens with zero attached hydrogens (tertiary/aromatic N) is 1. The zero-order valence-electron chi connectivity index (χ0n) is 5.81. The van der Waals surface area contributed by atoms with Crippen LogP contribution in [0.2, 0.25) is 0 Å². The lowest BCUT2D eigenvalue weighted by molar-refractivity contribution is 0.0297. The molecule has 1 rings (SSSR count). The van der Waals surface area contributed by atoms with Crippen LogP contribution in [0, 0.1) is 0 Å². The molecule has 0 unspecified atom stereocenters. The second-order valence-electron chi connectivity index (χ2n) is 2.63. The van der Waals surface area contributed by atoms with Gasteiger partial charge in [0, 0.05) is 0 Å². The van der Waals surface area contributed by atoms with Gasteiger partial charge in [0.05, 0.1) is 12.3 Å². The molecule has 0 aromatic heterocycles. The second kappa shape index (κ2) is 2.44. The molecule has 0 bridgehead atoms. The Hall–Kier alpha value is -0.200. The van der Waals surface area contributed by atoms with E-state index in [1.54, 1.807) is 7.05 Å². The fourth-order valence-electron chi connectivity index (χ4n) is 1.08. The highest BCUT2D eigenvalue weighted by Gasteiger charge is 2.41. The van der Waals surface area contributed by atoms with Gasteiger partial charge in [-0.25, -0.2) is 0 Å². The fraction of sp³-hybridized carbons (Fsp3) is 1.00. The van der Waals surface area contributed by atoms with Crippen molar-refractivity contribution >= 4 is 0 Å². The molecule has 10 heavy (non-hydrogen) atoms. The van der Waals surface area contributed by atoms with Gasteiger partial charge in [0.1, 0.15) is 12.2 Å². The van der Waals surface area contributed by atoms with Crippen LogP contribution < -0.4 is 11.5 Å². The third-order valence-corrected chi connectivity index (χ3v) is 1.99. The molecule has 0 aliphatic carbocycles. The Balaban J connectivity index is 2.68. The molecule has 1 aliphatic heterocycles. The molecule has 1 aliphatic rings. The average Bonchev–Trinajstić information content (AvgIpc) is 2.07. The van der Waals surface area contributed by atoms with Crippen molar-refractivity contribution in [3.63, 3.8) is 0 Å². The molecule has 0 aromatic rings. The van der Waals surface area contributed by atoms with Gasteiger partial charge in [-0.15, -0.1) is 0 Å². The van der Waals surface area contributed by atoms with Gasteiger partial charge in [0.15, 0.2) is 0 Å². The van der Waals surface area contributed by atoms with Gasteiger partial charge in [-0.3, -0.25) is 4.90 Å². The summed E-state index contributed by atoms with van der Waals surface area (Å²) in [6, 6.07) is 0. The minimum atomic E-state index is -0.931. The summed E-state index contributed by atoms with van der Waals surface area (Å²) in [5.41, 5.74) is 10.9. The lowest BCUT2D eigenvalue weighted by Crippen LogP contribution is -2.45. The zero-order valence-corrected chi connectivity index (χ0v) is 5.81. The molecule has 6 N–H and O–H groups in total. The van der Waals surface area contributed by atoms with Crippen molar-refractivity contribution in [1.82, 2.24) is 4.90 Å². The molecule has 5 heteroatoms. The van der Waals surface area contributed by atoms with E-state index < -0.39 is 24.5 Å². The molecular formula is C5H13N3O2. The summed E-state index contributed by atoms with van der Waals surface area (Å²) in [7, 11) is 1.66. The van der Waals surface area contributed by atoms with E-state index in [-0.39, 0.29) is 0 Å². The van der Waals surface area contributed by atoms with Crippen LogP contribution in [0.25, 0.3) is 0 Å². The number of hydrogen-bond acceptors (Lipinski definition) is 5. The number of likely N-dealkylation sites (N-methyl/N-ethyl adjacent to an activating group) is 1. The van der Waals surface area contributed by atoms with Gasteiger partial charge in [-0.05, 0) is 7.05 Å². The van der Waals surface area contributed by atoms with Gasteiger partial charge < -0.3 is 21.7 Å². The van der Waals surface area contributed by atoms with Crippen molar-refractivity contribution in [2.75, 3.05) is 7.05 Å². The first-order chi connectivity index (χ1) is 4.55. The minimum absolute atomic E-state index is 0.551. The van der Waals surface area contributed by atoms with Gasteiger partial charge in [-0.1, -0.05) is 0 Å². The number of hydrogen-bond donors (Lipinski definition) is 4. The molecule has 0 spiro atoms. The Kier molecular flexibility index (Phi) is 1.93. The predicted octanol–water partition coefficient (Wildman–Crippen LogP) is -2.78. The van der Waals surface area contributed by atoms with E-state index in [2.05, 4.69) is 0 Å². The number of aliphatic hydroxyl groups is 2. The topological polar surface area (TPSA) is 95.7 Å². The number of likely N-dealkylation sites (tertiary alicyclic amines) is 1. The van der Waals surface area contributed by atoms with Crippen molar-refractivity contribution in [1.29, 1.82) is 0 Å². The molecule has 4 atom stereocenters. The number of rotatable bonds is 0. The quantitative estimate of drug-likeness (QED) is 0.297. The first kappa shape index (κ1) is 7.90. The van der Waals surface area contributed by atoms with Gasteiger partial charge in [0.2, 0.25) is 0 Å². The Labute approximate surface area is 59.2 Å². The predicted molar refractivity (Wildman–Crippen MR) is 35.7 cm³/mol. The first-order valence-corrected chi connectivity index (χ1v) is 3.15. The van der Waals surface area contributed by atoms with Crippen LogP contribution in [0.5, 0.6) is 0 Å². The molecule has 0 radical (unpaired) electrons. The normalized spacial score (nSPS) is 50.1. The molecular weight excluding hydrogens is 134 g/mol. The molecule has 0 saturated carbocycles. The Morgan fingerprint density at radius 3 is 1.50 bits per heavy atom. The van der Waals surface area contributed by atoms with E-state index in [0.29, 0.717) is 0 Å². The van der Waals surface area contributed by atoms with Crippen molar-refractivity contribution < 1.29 is 10.2 Å². The average molecular weight is 147 g/mol. The summed E-state index contributed by atoms with van der Waals surface area (Å²) in [6.07, 6.45) is -2.96. The monoisotopic (exact) mass is 147 g/mol. The molecule has 1 saturated heterocycles. The maximum absolute atomic E-state index is 9.11. The third-order valence-electron chi connectivity index (χ3n) is 1.99. The van der Waals surface area contributed by atoms with E-state index in [1.807, 2.05) is 0 Å². The minimum Gasteiger partial charge on any atom is -0.387 e. The van der Waals surface area contributed by atoms with Crippen LogP contribution in [0.3, 0.4) is 0 Å². The lowest BCUT2D eigenvalue weighted by Gasteiger charge is -2.18. The van der Waals surface area contributed by atoms with Crippen LogP contribution in [0.4, 0.5) is 0 Å². The van der Waals surface area contributed by atoms with E-state index in [1.165, 1.54) is 4.90 Å². The smallest absolute Gasteiger partial charge is 0.111 e. The van der Waals surface area contributed by atoms with E-state index in [0.717, 1.165) is 0 Å². The molecule has 1 fully saturated rings. The summed E-state index contributed by atoms with van der Waals surface area (Å²) in [4.78, 5) is 1.54. The maximum Gasteiger partial charge on any atom is 0.111 e. The van der Waals surface area contributed by atoms with Crippen LogP contribution in [-0.4, -0.2) is 46.7 Å². The van der Waals surface area contributed by atoms with Crippen molar-refractivity contribution in [3.05, 3.63) is 0 Å². The third kappa shape index (κ3) is 0.920. The Morgan fingerprint density at radius 2 is 1.40 bits per heavy atom. The first-order valence-electron chi connectivity index (χ1n) is 3.15. The van der Waals surface area contributed by atoms with Crippen molar-refractivity contribution in [3.8, 4) is 0 Å². The van der Waals surface area contributed by atoms with E-state index >= 15 is 0 Å². The maximum atomic E-state index is 9.11. The van der Waals surface area contributed by atoms with Gasteiger partial charge in [-0.2, -0.15) is 0 Å². The summed E-state index contributed by atoms with van der Waals surface area (Å²) in [5.74, 6) is 0. The van der Waals surface area contributed by atoms with Crippen LogP contribution >= 0.6 is 0 Å². The van der Waals surface area contributed by atoms with Gasteiger partial charge >= 0.3 is 0 Å². The fourth-order valence-corrected chi connectivity index (χ4v) is 1.08. The van der Waals surface area contributed by atoms with E-state index in [4.69, 9.17) is 21.7 Å². The Morgan fingerprint density at radius 1 is 1.10 bits per heavy atom. The van der Waals surface area contributed by atoms with Crippen LogP contribution in [0.1, 0.15) is 0 Å². The Bertz CT molecular complexity index is 87.2. The highest BCUT2D eigenvalue weighted by atomic mass is 16.3. The largest absolute Gasteiger partial charge is 0.387 e. The van der Waals surface area contributed by atoms with Crippen molar-refractivity contribution in [2.45, 2.75) is 24.5 Å². The van der Waals surface area contributed by atoms with E-state index in [9.17, 15) is 0 Å². The number of nitrogens with two attached hydrogens (primary N) is 2. The SMILES string of the molecule is CN1[C@H](N)[C@H](O)[C@@H](O)[C@@H]1N. The molecule has 1 heterocycles.